The van der Waals surface area contributed by atoms with Crippen LogP contribution in [0.1, 0.15) is 30.7 Å². The molecule has 38 heavy (non-hydrogen) atoms. The van der Waals surface area contributed by atoms with Gasteiger partial charge in [0.15, 0.2) is 15.3 Å². The van der Waals surface area contributed by atoms with E-state index in [1.807, 2.05) is 0 Å². The molecule has 0 spiro atoms. The monoisotopic (exact) mass is 567 g/mol. The van der Waals surface area contributed by atoms with Gasteiger partial charge >= 0.3 is 0 Å². The number of carbonyl (C=O) groups is 2. The average Bonchev–Trinajstić information content (AvgIpc) is 3.37. The molecule has 0 radical (unpaired) electrons. The quantitative estimate of drug-likeness (QED) is 0.319. The first kappa shape index (κ1) is 25.8. The molecular formula is C25H19ClFN7O2S2. The van der Waals surface area contributed by atoms with E-state index < -0.39 is 11.7 Å². The highest BCUT2D eigenvalue weighted by Gasteiger charge is 2.41. The fourth-order valence-corrected chi connectivity index (χ4v) is 6.28. The number of hydrogen-bond donors (Lipinski definition) is 2. The second kappa shape index (κ2) is 10.9. The highest BCUT2D eigenvalue weighted by molar-refractivity contribution is 8.01. The number of benzene rings is 1. The second-order valence-electron chi connectivity index (χ2n) is 8.40. The van der Waals surface area contributed by atoms with Crippen molar-refractivity contribution in [3.05, 3.63) is 81.8 Å². The minimum absolute atomic E-state index is 0.0493. The van der Waals surface area contributed by atoms with E-state index in [1.54, 1.807) is 29.2 Å². The minimum atomic E-state index is -0.690. The number of nitrogens with two attached hydrogens (primary N) is 1. The number of amides is 1. The Kier molecular flexibility index (Phi) is 7.42. The molecule has 0 bridgehead atoms. The summed E-state index contributed by atoms with van der Waals surface area (Å²) >= 11 is 8.36. The lowest BCUT2D eigenvalue weighted by atomic mass is 9.76. The first-order chi connectivity index (χ1) is 18.4. The second-order valence-corrected chi connectivity index (χ2v) is 10.9. The van der Waals surface area contributed by atoms with Gasteiger partial charge in [0, 0.05) is 23.9 Å². The van der Waals surface area contributed by atoms with Gasteiger partial charge in [0.05, 0.1) is 29.0 Å². The Morgan fingerprint density at radius 2 is 2.08 bits per heavy atom. The number of carbonyl (C=O) groups excluding carboxylic acids is 2. The molecule has 1 aliphatic heterocycles. The largest absolute Gasteiger partial charge is 0.384 e. The molecule has 2 aromatic heterocycles. The maximum atomic E-state index is 13.6. The number of nitrogens with one attached hydrogen (secondary N) is 1. The number of pyridine rings is 1. The van der Waals surface area contributed by atoms with Crippen LogP contribution in [0.2, 0.25) is 5.15 Å². The maximum Gasteiger partial charge on any atom is 0.234 e. The van der Waals surface area contributed by atoms with Crippen LogP contribution in [0.5, 0.6) is 0 Å². The van der Waals surface area contributed by atoms with Crippen LogP contribution < -0.4 is 16.0 Å². The summed E-state index contributed by atoms with van der Waals surface area (Å²) in [5, 5.41) is 21.8. The number of allylic oxidation sites excluding steroid dienone is 3. The lowest BCUT2D eigenvalue weighted by molar-refractivity contribution is -0.116. The molecule has 2 aliphatic rings. The van der Waals surface area contributed by atoms with Crippen LogP contribution in [-0.4, -0.2) is 32.6 Å². The van der Waals surface area contributed by atoms with Crippen LogP contribution in [-0.2, 0) is 9.59 Å². The first-order valence-electron chi connectivity index (χ1n) is 11.5. The zero-order chi connectivity index (χ0) is 26.8. The number of anilines is 2. The Hall–Kier alpha value is -3.79. The van der Waals surface area contributed by atoms with Crippen LogP contribution in [0.3, 0.4) is 0 Å². The van der Waals surface area contributed by atoms with E-state index in [0.29, 0.717) is 51.3 Å². The molecule has 1 amide bonds. The van der Waals surface area contributed by atoms with Crippen LogP contribution in [0, 0.1) is 17.1 Å². The van der Waals surface area contributed by atoms with E-state index in [4.69, 9.17) is 17.3 Å². The molecule has 3 aromatic rings. The summed E-state index contributed by atoms with van der Waals surface area (Å²) in [6, 6.07) is 11.2. The van der Waals surface area contributed by atoms with E-state index in [9.17, 15) is 19.2 Å². The molecule has 0 saturated heterocycles. The summed E-state index contributed by atoms with van der Waals surface area (Å²) in [6.07, 6.45) is 3.04. The van der Waals surface area contributed by atoms with Crippen molar-refractivity contribution < 1.29 is 14.0 Å². The van der Waals surface area contributed by atoms with Crippen LogP contribution in [0.25, 0.3) is 0 Å². The zero-order valence-corrected chi connectivity index (χ0v) is 22.0. The van der Waals surface area contributed by atoms with Gasteiger partial charge in [-0.3, -0.25) is 14.5 Å². The highest BCUT2D eigenvalue weighted by Crippen LogP contribution is 2.47. The minimum Gasteiger partial charge on any atom is -0.384 e. The summed E-state index contributed by atoms with van der Waals surface area (Å²) in [7, 11) is 0. The fourth-order valence-electron chi connectivity index (χ4n) is 4.44. The van der Waals surface area contributed by atoms with Gasteiger partial charge in [0.1, 0.15) is 11.6 Å². The summed E-state index contributed by atoms with van der Waals surface area (Å²) in [4.78, 5) is 31.1. The van der Waals surface area contributed by atoms with Gasteiger partial charge in [-0.1, -0.05) is 46.8 Å². The number of Topliss-reactive ketones (excluding diaryl/α,β-unsaturated/α-hetero) is 1. The predicted molar refractivity (Wildman–Crippen MR) is 143 cm³/mol. The highest BCUT2D eigenvalue weighted by atomic mass is 35.5. The van der Waals surface area contributed by atoms with Crippen LogP contribution >= 0.6 is 34.7 Å². The summed E-state index contributed by atoms with van der Waals surface area (Å²) in [5.41, 5.74) is 8.84. The molecule has 3 heterocycles. The molecule has 1 aromatic carbocycles. The van der Waals surface area contributed by atoms with Crippen molar-refractivity contribution in [3.8, 4) is 6.07 Å². The van der Waals surface area contributed by atoms with Gasteiger partial charge in [-0.15, -0.1) is 10.2 Å². The topological polar surface area (TPSA) is 138 Å². The number of nitrogens with zero attached hydrogens (tertiary/aromatic N) is 5. The van der Waals surface area contributed by atoms with Crippen molar-refractivity contribution in [2.45, 2.75) is 29.5 Å². The van der Waals surface area contributed by atoms with E-state index in [1.165, 1.54) is 41.4 Å². The van der Waals surface area contributed by atoms with Crippen LogP contribution in [0.15, 0.2) is 69.6 Å². The Bertz CT molecular complexity index is 1530. The number of thioether (sulfide) groups is 1. The standard InChI is InChI=1S/C25H19ClFN7O2S2/c26-22-16(3-2-10-30-22)31-19(36)12-37-25-33-32-24(38-25)34-17-4-1-5-18(35)21(17)20(15(11-28)23(34)29)13-6-8-14(27)9-7-13/h2-3,6-10,20H,1,4-5,12,29H2,(H,31,36). The van der Waals surface area contributed by atoms with Crippen molar-refractivity contribution in [1.82, 2.24) is 15.2 Å². The number of nitriles is 1. The van der Waals surface area contributed by atoms with Crippen molar-refractivity contribution in [2.75, 3.05) is 16.0 Å². The number of rotatable bonds is 6. The van der Waals surface area contributed by atoms with E-state index in [-0.39, 0.29) is 34.0 Å². The SMILES string of the molecule is N#CC1=C(N)N(c2nnc(SCC(=O)Nc3cccnc3Cl)s2)C2=C(C(=O)CCC2)C1c1ccc(F)cc1. The molecule has 0 saturated carbocycles. The molecule has 0 fully saturated rings. The van der Waals surface area contributed by atoms with E-state index >= 15 is 0 Å². The third-order valence-corrected chi connectivity index (χ3v) is 8.41. The molecule has 3 N–H and O–H groups in total. The fraction of sp³-hybridized carbons (Fsp3) is 0.200. The molecule has 13 heteroatoms. The third-order valence-electron chi connectivity index (χ3n) is 6.06. The lowest BCUT2D eigenvalue weighted by Gasteiger charge is -2.38. The van der Waals surface area contributed by atoms with Crippen molar-refractivity contribution in [2.24, 2.45) is 5.73 Å². The Labute approximate surface area is 230 Å². The van der Waals surface area contributed by atoms with E-state index in [0.717, 1.165) is 0 Å². The van der Waals surface area contributed by atoms with Crippen molar-refractivity contribution >= 4 is 57.2 Å². The van der Waals surface area contributed by atoms with Gasteiger partial charge < -0.3 is 11.1 Å². The lowest BCUT2D eigenvalue weighted by Crippen LogP contribution is -2.38. The Morgan fingerprint density at radius 1 is 1.29 bits per heavy atom. The van der Waals surface area contributed by atoms with Gasteiger partial charge in [-0.2, -0.15) is 5.26 Å². The molecule has 192 valence electrons. The Balaban J connectivity index is 1.42. The molecule has 1 aliphatic carbocycles. The Morgan fingerprint density at radius 3 is 2.82 bits per heavy atom. The van der Waals surface area contributed by atoms with Gasteiger partial charge in [0.25, 0.3) is 0 Å². The summed E-state index contributed by atoms with van der Waals surface area (Å²) in [5.74, 6) is -1.29. The molecule has 9 nitrogen and oxygen atoms in total. The number of aromatic nitrogens is 3. The molecular weight excluding hydrogens is 549 g/mol. The maximum absolute atomic E-state index is 13.6. The predicted octanol–water partition coefficient (Wildman–Crippen LogP) is 4.76. The normalized spacial score (nSPS) is 17.3. The average molecular weight is 568 g/mol. The smallest absolute Gasteiger partial charge is 0.234 e. The van der Waals surface area contributed by atoms with Crippen LogP contribution in [0.4, 0.5) is 15.2 Å². The van der Waals surface area contributed by atoms with Gasteiger partial charge in [0.2, 0.25) is 11.0 Å². The molecule has 5 rings (SSSR count). The number of halogens is 2. The van der Waals surface area contributed by atoms with Gasteiger partial charge in [-0.25, -0.2) is 9.37 Å². The zero-order valence-electron chi connectivity index (χ0n) is 19.6. The van der Waals surface area contributed by atoms with Crippen molar-refractivity contribution in [3.63, 3.8) is 0 Å². The number of ketones is 1. The van der Waals surface area contributed by atoms with Crippen molar-refractivity contribution in [1.29, 1.82) is 5.26 Å². The molecule has 1 atom stereocenters. The van der Waals surface area contributed by atoms with E-state index in [2.05, 4.69) is 26.6 Å². The third kappa shape index (κ3) is 5.00. The first-order valence-corrected chi connectivity index (χ1v) is 13.6. The summed E-state index contributed by atoms with van der Waals surface area (Å²) < 4.78 is 14.1. The molecule has 1 unspecified atom stereocenters. The summed E-state index contributed by atoms with van der Waals surface area (Å²) in [6.45, 7) is 0. The van der Waals surface area contributed by atoms with Gasteiger partial charge in [-0.05, 0) is 42.7 Å². The number of hydrogen-bond acceptors (Lipinski definition) is 10.